The average molecular weight is 520 g/mol. The maximum Gasteiger partial charge on any atom is 0.273 e. The van der Waals surface area contributed by atoms with E-state index in [9.17, 15) is 9.59 Å². The van der Waals surface area contributed by atoms with Crippen molar-refractivity contribution in [1.29, 1.82) is 0 Å². The van der Waals surface area contributed by atoms with Gasteiger partial charge in [-0.3, -0.25) is 19.1 Å². The van der Waals surface area contributed by atoms with Gasteiger partial charge in [0.2, 0.25) is 5.91 Å². The van der Waals surface area contributed by atoms with Gasteiger partial charge in [0.25, 0.3) is 5.91 Å². The first-order valence-corrected chi connectivity index (χ1v) is 13.4. The SMILES string of the molecule is CC(=O)N1CCN(C(=O)c2csc(CSc3nnc(-c4ccncc4)n3-c3ccc(C)cc3)n2)CC1. The summed E-state index contributed by atoms with van der Waals surface area (Å²) >= 11 is 3.00. The molecule has 0 bridgehead atoms. The number of aromatic nitrogens is 5. The van der Waals surface area contributed by atoms with E-state index in [2.05, 4.69) is 51.4 Å². The number of thiazole rings is 1. The third kappa shape index (κ3) is 5.17. The smallest absolute Gasteiger partial charge is 0.273 e. The normalized spacial score (nSPS) is 13.7. The van der Waals surface area contributed by atoms with Crippen LogP contribution in [-0.4, -0.2) is 72.5 Å². The minimum absolute atomic E-state index is 0.0423. The predicted molar refractivity (Wildman–Crippen MR) is 139 cm³/mol. The van der Waals surface area contributed by atoms with E-state index in [1.165, 1.54) is 28.7 Å². The van der Waals surface area contributed by atoms with Gasteiger partial charge in [0.15, 0.2) is 11.0 Å². The van der Waals surface area contributed by atoms with Crippen LogP contribution in [0.4, 0.5) is 0 Å². The Bertz CT molecular complexity index is 1360. The van der Waals surface area contributed by atoms with Crippen LogP contribution < -0.4 is 0 Å². The molecule has 184 valence electrons. The lowest BCUT2D eigenvalue weighted by atomic mass is 10.2. The van der Waals surface area contributed by atoms with Crippen molar-refractivity contribution in [3.63, 3.8) is 0 Å². The summed E-state index contributed by atoms with van der Waals surface area (Å²) in [7, 11) is 0. The van der Waals surface area contributed by atoms with Crippen LogP contribution in [0.25, 0.3) is 17.1 Å². The number of carbonyl (C=O) groups excluding carboxylic acids is 2. The molecule has 0 unspecified atom stereocenters. The van der Waals surface area contributed by atoms with E-state index >= 15 is 0 Å². The Balaban J connectivity index is 1.32. The molecule has 0 N–H and O–H groups in total. The van der Waals surface area contributed by atoms with Crippen LogP contribution in [-0.2, 0) is 10.5 Å². The third-order valence-corrected chi connectivity index (χ3v) is 7.94. The molecule has 36 heavy (non-hydrogen) atoms. The maximum absolute atomic E-state index is 12.9. The molecule has 5 rings (SSSR count). The molecule has 0 spiro atoms. The molecule has 1 aromatic carbocycles. The quantitative estimate of drug-likeness (QED) is 0.359. The van der Waals surface area contributed by atoms with Crippen LogP contribution in [0.1, 0.15) is 28.0 Å². The highest BCUT2D eigenvalue weighted by Gasteiger charge is 2.25. The number of aryl methyl sites for hydroxylation is 1. The first-order chi connectivity index (χ1) is 17.5. The van der Waals surface area contributed by atoms with E-state index in [0.717, 1.165) is 27.2 Å². The van der Waals surface area contributed by atoms with Gasteiger partial charge in [0, 0.05) is 62.1 Å². The number of hydrogen-bond acceptors (Lipinski definition) is 8. The van der Waals surface area contributed by atoms with Gasteiger partial charge in [-0.05, 0) is 31.2 Å². The number of pyridine rings is 1. The highest BCUT2D eigenvalue weighted by atomic mass is 32.2. The van der Waals surface area contributed by atoms with Crippen LogP contribution >= 0.6 is 23.1 Å². The summed E-state index contributed by atoms with van der Waals surface area (Å²) in [5.41, 5.74) is 3.52. The fourth-order valence-corrected chi connectivity index (χ4v) is 5.70. The van der Waals surface area contributed by atoms with Crippen LogP contribution in [0.3, 0.4) is 0 Å². The molecule has 4 aromatic rings. The third-order valence-electron chi connectivity index (χ3n) is 5.97. The Morgan fingerprint density at radius 1 is 0.972 bits per heavy atom. The first-order valence-electron chi connectivity index (χ1n) is 11.5. The second-order valence-electron chi connectivity index (χ2n) is 8.43. The van der Waals surface area contributed by atoms with Crippen LogP contribution in [0.2, 0.25) is 0 Å². The van der Waals surface area contributed by atoms with Crippen molar-refractivity contribution in [3.05, 3.63) is 70.4 Å². The van der Waals surface area contributed by atoms with E-state index in [1.54, 1.807) is 29.1 Å². The molecule has 0 atom stereocenters. The maximum atomic E-state index is 12.9. The van der Waals surface area contributed by atoms with Crippen LogP contribution in [0.15, 0.2) is 59.3 Å². The molecule has 9 nitrogen and oxygen atoms in total. The predicted octanol–water partition coefficient (Wildman–Crippen LogP) is 3.69. The Hall–Kier alpha value is -3.57. The highest BCUT2D eigenvalue weighted by molar-refractivity contribution is 7.98. The van der Waals surface area contributed by atoms with E-state index in [-0.39, 0.29) is 11.8 Å². The minimum atomic E-state index is -0.0894. The number of rotatable bonds is 6. The number of benzene rings is 1. The number of nitrogens with zero attached hydrogens (tertiary/aromatic N) is 7. The lowest BCUT2D eigenvalue weighted by Crippen LogP contribution is -2.50. The van der Waals surface area contributed by atoms with Crippen molar-refractivity contribution in [2.24, 2.45) is 0 Å². The van der Waals surface area contributed by atoms with E-state index in [4.69, 9.17) is 0 Å². The molecule has 4 heterocycles. The second-order valence-corrected chi connectivity index (χ2v) is 10.3. The molecule has 0 radical (unpaired) electrons. The van der Waals surface area contributed by atoms with Crippen molar-refractivity contribution in [2.45, 2.75) is 24.8 Å². The molecule has 1 aliphatic rings. The summed E-state index contributed by atoms with van der Waals surface area (Å²) in [6, 6.07) is 12.1. The zero-order valence-electron chi connectivity index (χ0n) is 20.0. The van der Waals surface area contributed by atoms with Crippen LogP contribution in [0, 0.1) is 6.92 Å². The van der Waals surface area contributed by atoms with Gasteiger partial charge in [-0.1, -0.05) is 29.5 Å². The lowest BCUT2D eigenvalue weighted by Gasteiger charge is -2.33. The monoisotopic (exact) mass is 519 g/mol. The van der Waals surface area contributed by atoms with Gasteiger partial charge >= 0.3 is 0 Å². The Labute approximate surface area is 217 Å². The Morgan fingerprint density at radius 2 is 1.67 bits per heavy atom. The fraction of sp³-hybridized carbons (Fsp3) is 0.280. The van der Waals surface area contributed by atoms with Gasteiger partial charge in [0.05, 0.1) is 5.75 Å². The molecule has 11 heteroatoms. The largest absolute Gasteiger partial charge is 0.339 e. The summed E-state index contributed by atoms with van der Waals surface area (Å²) < 4.78 is 2.04. The molecule has 0 saturated carbocycles. The van der Waals surface area contributed by atoms with Crippen molar-refractivity contribution >= 4 is 34.9 Å². The zero-order valence-corrected chi connectivity index (χ0v) is 21.6. The topological polar surface area (TPSA) is 97.1 Å². The molecule has 0 aliphatic carbocycles. The van der Waals surface area contributed by atoms with E-state index in [1.807, 2.05) is 22.1 Å². The van der Waals surface area contributed by atoms with Crippen LogP contribution in [0.5, 0.6) is 0 Å². The number of hydrogen-bond donors (Lipinski definition) is 0. The summed E-state index contributed by atoms with van der Waals surface area (Å²) in [4.78, 5) is 36.7. The summed E-state index contributed by atoms with van der Waals surface area (Å²) in [5.74, 6) is 1.26. The molecule has 1 fully saturated rings. The van der Waals surface area contributed by atoms with Gasteiger partial charge in [-0.25, -0.2) is 4.98 Å². The number of piperazine rings is 1. The summed E-state index contributed by atoms with van der Waals surface area (Å²) in [6.45, 7) is 5.78. The van der Waals surface area contributed by atoms with Crippen molar-refractivity contribution in [3.8, 4) is 17.1 Å². The molecular formula is C25H25N7O2S2. The second kappa shape index (κ2) is 10.6. The lowest BCUT2D eigenvalue weighted by molar-refractivity contribution is -0.130. The minimum Gasteiger partial charge on any atom is -0.339 e. The number of amides is 2. The van der Waals surface area contributed by atoms with E-state index < -0.39 is 0 Å². The zero-order chi connectivity index (χ0) is 25.1. The van der Waals surface area contributed by atoms with Gasteiger partial charge in [-0.15, -0.1) is 21.5 Å². The number of thioether (sulfide) groups is 1. The van der Waals surface area contributed by atoms with Gasteiger partial charge in [-0.2, -0.15) is 0 Å². The molecule has 1 saturated heterocycles. The molecule has 1 aliphatic heterocycles. The average Bonchev–Trinajstić information content (AvgIpc) is 3.55. The summed E-state index contributed by atoms with van der Waals surface area (Å²) in [6.07, 6.45) is 3.48. The van der Waals surface area contributed by atoms with Gasteiger partial charge < -0.3 is 9.80 Å². The molecule has 3 aromatic heterocycles. The standard InChI is InChI=1S/C25H25N7O2S2/c1-17-3-5-20(6-4-17)32-23(19-7-9-26-10-8-19)28-29-25(32)36-16-22-27-21(15-35-22)24(34)31-13-11-30(12-14-31)18(2)33/h3-10,15H,11-14,16H2,1-2H3. The van der Waals surface area contributed by atoms with Crippen molar-refractivity contribution in [1.82, 2.24) is 34.5 Å². The molecular weight excluding hydrogens is 494 g/mol. The number of carbonyl (C=O) groups is 2. The van der Waals surface area contributed by atoms with E-state index in [0.29, 0.717) is 37.6 Å². The van der Waals surface area contributed by atoms with Gasteiger partial charge in [0.1, 0.15) is 10.7 Å². The first kappa shape index (κ1) is 24.1. The molecule has 2 amide bonds. The van der Waals surface area contributed by atoms with Crippen molar-refractivity contribution in [2.75, 3.05) is 26.2 Å². The fourth-order valence-electron chi connectivity index (χ4n) is 3.97. The Kier molecular flexibility index (Phi) is 7.10. The highest BCUT2D eigenvalue weighted by Crippen LogP contribution is 2.30. The summed E-state index contributed by atoms with van der Waals surface area (Å²) in [5, 5.41) is 12.3. The Morgan fingerprint density at radius 3 is 2.36 bits per heavy atom. The van der Waals surface area contributed by atoms with Crippen molar-refractivity contribution < 1.29 is 9.59 Å².